The third kappa shape index (κ3) is 1.35. The highest BCUT2D eigenvalue weighted by Crippen LogP contribution is 2.30. The first-order valence-corrected chi connectivity index (χ1v) is 5.38. The second kappa shape index (κ2) is 2.84. The van der Waals surface area contributed by atoms with E-state index in [4.69, 9.17) is 0 Å². The maximum atomic E-state index is 4.30. The lowest BCUT2D eigenvalue weighted by molar-refractivity contribution is 1.44. The maximum absolute atomic E-state index is 4.30. The molecule has 2 rings (SSSR count). The Hall–Kier alpha value is 0.0700. The average molecular weight is 293 g/mol. The largest absolute Gasteiger partial charge is 0.228 e. The van der Waals surface area contributed by atoms with E-state index in [-0.39, 0.29) is 0 Å². The van der Waals surface area contributed by atoms with Gasteiger partial charge in [0.1, 0.15) is 0 Å². The fraction of sp³-hybridized carbons (Fsp3) is 0. The van der Waals surface area contributed by atoms with Crippen LogP contribution in [0.5, 0.6) is 0 Å². The topological polar surface area (TPSA) is 12.9 Å². The van der Waals surface area contributed by atoms with Crippen molar-refractivity contribution in [2.24, 2.45) is 0 Å². The first-order valence-electron chi connectivity index (χ1n) is 2.98. The molecule has 2 aromatic rings. The lowest BCUT2D eigenvalue weighted by atomic mass is 10.3. The summed E-state index contributed by atoms with van der Waals surface area (Å²) in [6.45, 7) is 0. The normalized spacial score (nSPS) is 10.7. The number of para-hydroxylation sites is 1. The third-order valence-electron chi connectivity index (χ3n) is 1.34. The van der Waals surface area contributed by atoms with Gasteiger partial charge in [0.05, 0.1) is 10.2 Å². The van der Waals surface area contributed by atoms with E-state index in [1.165, 1.54) is 4.70 Å². The highest BCUT2D eigenvalue weighted by molar-refractivity contribution is 9.11. The van der Waals surface area contributed by atoms with Crippen molar-refractivity contribution in [3.05, 3.63) is 26.6 Å². The number of rotatable bonds is 0. The van der Waals surface area contributed by atoms with Crippen LogP contribution in [0.4, 0.5) is 0 Å². The second-order valence-electron chi connectivity index (χ2n) is 2.05. The van der Waals surface area contributed by atoms with E-state index in [2.05, 4.69) is 42.9 Å². The molecule has 0 spiro atoms. The standard InChI is InChI=1S/C7H3Br2NS/c8-4-2-1-3-5-6(4)10-7(9)11-5/h1-3H. The van der Waals surface area contributed by atoms with Gasteiger partial charge in [-0.3, -0.25) is 0 Å². The molecule has 0 fully saturated rings. The minimum absolute atomic E-state index is 0.930. The van der Waals surface area contributed by atoms with Crippen LogP contribution in [0.2, 0.25) is 0 Å². The van der Waals surface area contributed by atoms with Gasteiger partial charge >= 0.3 is 0 Å². The maximum Gasteiger partial charge on any atom is 0.160 e. The van der Waals surface area contributed by atoms with Crippen molar-refractivity contribution in [1.29, 1.82) is 0 Å². The average Bonchev–Trinajstić information content (AvgIpc) is 2.31. The van der Waals surface area contributed by atoms with E-state index >= 15 is 0 Å². The number of fused-ring (bicyclic) bond motifs is 1. The van der Waals surface area contributed by atoms with Crippen molar-refractivity contribution in [2.75, 3.05) is 0 Å². The summed E-state index contributed by atoms with van der Waals surface area (Å²) in [5, 5.41) is 0. The van der Waals surface area contributed by atoms with Gasteiger partial charge in [-0.05, 0) is 44.0 Å². The molecule has 1 aromatic carbocycles. The first kappa shape index (κ1) is 7.71. The van der Waals surface area contributed by atoms with Crippen molar-refractivity contribution in [2.45, 2.75) is 0 Å². The number of halogens is 2. The van der Waals surface area contributed by atoms with Crippen LogP contribution >= 0.6 is 43.2 Å². The molecule has 0 atom stereocenters. The molecule has 0 saturated carbocycles. The lowest BCUT2D eigenvalue weighted by Crippen LogP contribution is -1.68. The van der Waals surface area contributed by atoms with Crippen molar-refractivity contribution in [3.8, 4) is 0 Å². The fourth-order valence-corrected chi connectivity index (χ4v) is 2.89. The van der Waals surface area contributed by atoms with Gasteiger partial charge in [0.25, 0.3) is 0 Å². The Labute approximate surface area is 84.7 Å². The quantitative estimate of drug-likeness (QED) is 0.719. The van der Waals surface area contributed by atoms with E-state index in [9.17, 15) is 0 Å². The Kier molecular flexibility index (Phi) is 1.99. The molecule has 56 valence electrons. The van der Waals surface area contributed by atoms with E-state index in [0.717, 1.165) is 13.9 Å². The van der Waals surface area contributed by atoms with Crippen LogP contribution < -0.4 is 0 Å². The fourth-order valence-electron chi connectivity index (χ4n) is 0.888. The molecule has 0 saturated heterocycles. The Morgan fingerprint density at radius 1 is 1.27 bits per heavy atom. The monoisotopic (exact) mass is 291 g/mol. The Morgan fingerprint density at radius 3 is 2.82 bits per heavy atom. The molecular weight excluding hydrogens is 290 g/mol. The zero-order valence-electron chi connectivity index (χ0n) is 5.34. The number of aromatic nitrogens is 1. The Bertz CT molecular complexity index is 396. The number of benzene rings is 1. The number of hydrogen-bond acceptors (Lipinski definition) is 2. The summed E-state index contributed by atoms with van der Waals surface area (Å²) >= 11 is 8.42. The minimum Gasteiger partial charge on any atom is -0.228 e. The SMILES string of the molecule is Brc1nc2c(Br)cccc2s1. The molecule has 0 aliphatic carbocycles. The molecule has 0 aliphatic heterocycles. The lowest BCUT2D eigenvalue weighted by Gasteiger charge is -1.88. The van der Waals surface area contributed by atoms with Crippen LogP contribution in [-0.4, -0.2) is 4.98 Å². The van der Waals surface area contributed by atoms with E-state index in [0.29, 0.717) is 0 Å². The molecule has 0 radical (unpaired) electrons. The zero-order valence-corrected chi connectivity index (χ0v) is 9.33. The molecule has 0 unspecified atom stereocenters. The summed E-state index contributed by atoms with van der Waals surface area (Å²) in [6, 6.07) is 6.06. The van der Waals surface area contributed by atoms with Crippen LogP contribution in [0.3, 0.4) is 0 Å². The summed E-state index contributed by atoms with van der Waals surface area (Å²) in [4.78, 5) is 4.30. The van der Waals surface area contributed by atoms with Gasteiger partial charge in [0.15, 0.2) is 3.92 Å². The molecule has 1 heterocycles. The van der Waals surface area contributed by atoms with Crippen molar-refractivity contribution in [1.82, 2.24) is 4.98 Å². The van der Waals surface area contributed by atoms with E-state index < -0.39 is 0 Å². The van der Waals surface area contributed by atoms with Gasteiger partial charge < -0.3 is 0 Å². The number of hydrogen-bond donors (Lipinski definition) is 0. The first-order chi connectivity index (χ1) is 5.27. The van der Waals surface area contributed by atoms with Crippen molar-refractivity contribution in [3.63, 3.8) is 0 Å². The molecule has 0 bridgehead atoms. The van der Waals surface area contributed by atoms with Crippen LogP contribution in [0.25, 0.3) is 10.2 Å². The molecular formula is C7H3Br2NS. The van der Waals surface area contributed by atoms with Crippen LogP contribution in [0.1, 0.15) is 0 Å². The van der Waals surface area contributed by atoms with Gasteiger partial charge in [-0.2, -0.15) is 0 Å². The van der Waals surface area contributed by atoms with Crippen LogP contribution in [-0.2, 0) is 0 Å². The van der Waals surface area contributed by atoms with Crippen molar-refractivity contribution < 1.29 is 0 Å². The molecule has 11 heavy (non-hydrogen) atoms. The summed E-state index contributed by atoms with van der Waals surface area (Å²) in [5.74, 6) is 0. The smallest absolute Gasteiger partial charge is 0.160 e. The van der Waals surface area contributed by atoms with Crippen LogP contribution in [0.15, 0.2) is 26.6 Å². The predicted molar refractivity (Wildman–Crippen MR) is 55.0 cm³/mol. The molecule has 0 aliphatic rings. The molecule has 1 aromatic heterocycles. The summed E-state index contributed by atoms with van der Waals surface area (Å²) in [5.41, 5.74) is 1.03. The zero-order chi connectivity index (χ0) is 7.84. The summed E-state index contributed by atoms with van der Waals surface area (Å²) < 4.78 is 3.18. The minimum atomic E-state index is 0.930. The van der Waals surface area contributed by atoms with E-state index in [1.807, 2.05) is 12.1 Å². The summed E-state index contributed by atoms with van der Waals surface area (Å²) in [6.07, 6.45) is 0. The van der Waals surface area contributed by atoms with Crippen LogP contribution in [0, 0.1) is 0 Å². The number of nitrogens with zero attached hydrogens (tertiary/aromatic N) is 1. The third-order valence-corrected chi connectivity index (χ3v) is 3.46. The Balaban J connectivity index is 2.90. The van der Waals surface area contributed by atoms with Crippen molar-refractivity contribution >= 4 is 53.4 Å². The van der Waals surface area contributed by atoms with Gasteiger partial charge in [-0.25, -0.2) is 4.98 Å². The predicted octanol–water partition coefficient (Wildman–Crippen LogP) is 3.82. The van der Waals surface area contributed by atoms with Gasteiger partial charge in [0, 0.05) is 4.47 Å². The highest BCUT2D eigenvalue weighted by Gasteiger charge is 2.02. The Morgan fingerprint density at radius 2 is 2.09 bits per heavy atom. The molecule has 1 nitrogen and oxygen atoms in total. The summed E-state index contributed by atoms with van der Waals surface area (Å²) in [7, 11) is 0. The van der Waals surface area contributed by atoms with Gasteiger partial charge in [-0.1, -0.05) is 6.07 Å². The van der Waals surface area contributed by atoms with E-state index in [1.54, 1.807) is 11.3 Å². The second-order valence-corrected chi connectivity index (χ2v) is 5.21. The molecule has 4 heteroatoms. The van der Waals surface area contributed by atoms with Gasteiger partial charge in [0.2, 0.25) is 0 Å². The number of thiazole rings is 1. The van der Waals surface area contributed by atoms with Gasteiger partial charge in [-0.15, -0.1) is 11.3 Å². The molecule has 0 amide bonds. The molecule has 0 N–H and O–H groups in total. The highest BCUT2D eigenvalue weighted by atomic mass is 79.9.